The fourth-order valence-corrected chi connectivity index (χ4v) is 4.99. The Morgan fingerprint density at radius 3 is 2.59 bits per heavy atom. The molecule has 0 saturated carbocycles. The first-order valence-corrected chi connectivity index (χ1v) is 11.9. The first kappa shape index (κ1) is 24.0. The molecule has 32 heavy (non-hydrogen) atoms. The van der Waals surface area contributed by atoms with Crippen molar-refractivity contribution in [3.63, 3.8) is 0 Å². The maximum Gasteiger partial charge on any atom is 0.281 e. The van der Waals surface area contributed by atoms with Gasteiger partial charge in [-0.1, -0.05) is 36.2 Å². The van der Waals surface area contributed by atoms with E-state index in [-0.39, 0.29) is 11.5 Å². The van der Waals surface area contributed by atoms with Gasteiger partial charge in [0.2, 0.25) is 0 Å². The van der Waals surface area contributed by atoms with E-state index in [1.54, 1.807) is 37.4 Å². The number of amides is 1. The summed E-state index contributed by atoms with van der Waals surface area (Å²) in [5.41, 5.74) is 4.02. The summed E-state index contributed by atoms with van der Waals surface area (Å²) < 4.78 is 0. The van der Waals surface area contributed by atoms with Crippen LogP contribution in [-0.2, 0) is 0 Å². The highest BCUT2D eigenvalue weighted by Gasteiger charge is 2.21. The summed E-state index contributed by atoms with van der Waals surface area (Å²) in [6.45, 7) is 3.42. The number of nitrogens with zero attached hydrogens (tertiary/aromatic N) is 2. The second kappa shape index (κ2) is 10.3. The Bertz CT molecular complexity index is 1260. The minimum atomic E-state index is -0.726. The molecule has 1 unspecified atom stereocenters. The van der Waals surface area contributed by atoms with Crippen molar-refractivity contribution in [3.8, 4) is 22.3 Å². The highest BCUT2D eigenvalue weighted by Crippen LogP contribution is 2.40. The largest absolute Gasteiger partial charge is 0.506 e. The van der Waals surface area contributed by atoms with E-state index >= 15 is 0 Å². The Kier molecular flexibility index (Phi) is 7.69. The number of hydrogen-bond donors (Lipinski definition) is 2. The predicted octanol–water partition coefficient (Wildman–Crippen LogP) is 6.38. The summed E-state index contributed by atoms with van der Waals surface area (Å²) in [5, 5.41) is 26.3. The van der Waals surface area contributed by atoms with E-state index in [0.717, 1.165) is 11.3 Å². The fraction of sp³-hybridized carbons (Fsp3) is 0.182. The van der Waals surface area contributed by atoms with Gasteiger partial charge in [-0.3, -0.25) is 9.59 Å². The van der Waals surface area contributed by atoms with Crippen molar-refractivity contribution >= 4 is 63.3 Å². The molecule has 2 heterocycles. The molecule has 3 aromatic rings. The number of nitrogens with one attached hydrogen (secondary N) is 1. The van der Waals surface area contributed by atoms with Crippen LogP contribution < -0.4 is 5.43 Å². The van der Waals surface area contributed by atoms with Crippen LogP contribution in [0.3, 0.4) is 0 Å². The number of hydrazone groups is 1. The zero-order valence-corrected chi connectivity index (χ0v) is 20.1. The second-order valence-corrected chi connectivity index (χ2v) is 9.49. The Hall–Kier alpha value is -2.70. The van der Waals surface area contributed by atoms with Gasteiger partial charge >= 0.3 is 0 Å². The molecule has 164 valence electrons. The molecule has 0 spiro atoms. The molecule has 6 nitrogen and oxygen atoms in total. The van der Waals surface area contributed by atoms with E-state index in [4.69, 9.17) is 28.5 Å². The van der Waals surface area contributed by atoms with Crippen LogP contribution >= 0.6 is 45.9 Å². The first-order chi connectivity index (χ1) is 15.3. The molecule has 0 aliphatic heterocycles. The molecule has 3 rings (SSSR count). The van der Waals surface area contributed by atoms with E-state index in [2.05, 4.69) is 10.5 Å². The number of carbonyl (C=O) groups is 2. The van der Waals surface area contributed by atoms with E-state index in [9.17, 15) is 14.7 Å². The highest BCUT2D eigenvalue weighted by atomic mass is 35.5. The van der Waals surface area contributed by atoms with Gasteiger partial charge in [0.25, 0.3) is 5.91 Å². The lowest BCUT2D eigenvalue weighted by Gasteiger charge is -2.04. The number of ketones is 1. The molecule has 0 bridgehead atoms. The number of carbonyl (C=O) groups excluding carboxylic acids is 2. The number of aromatic hydroxyl groups is 1. The molecular weight excluding hydrogens is 489 g/mol. The zero-order chi connectivity index (χ0) is 23.4. The van der Waals surface area contributed by atoms with Crippen LogP contribution in [0.5, 0.6) is 5.75 Å². The summed E-state index contributed by atoms with van der Waals surface area (Å²) in [6.07, 6.45) is 0.409. The summed E-state index contributed by atoms with van der Waals surface area (Å²) in [5.74, 6) is -1.49. The third-order valence-electron chi connectivity index (χ3n) is 4.61. The van der Waals surface area contributed by atoms with Gasteiger partial charge < -0.3 is 5.11 Å². The van der Waals surface area contributed by atoms with E-state index in [0.29, 0.717) is 47.9 Å². The number of thiophene rings is 2. The zero-order valence-electron chi connectivity index (χ0n) is 17.0. The van der Waals surface area contributed by atoms with Crippen LogP contribution in [0, 0.1) is 17.2 Å². The van der Waals surface area contributed by atoms with Gasteiger partial charge in [0.05, 0.1) is 42.0 Å². The Morgan fingerprint density at radius 1 is 1.22 bits per heavy atom. The number of halogens is 2. The van der Waals surface area contributed by atoms with Gasteiger partial charge in [0, 0.05) is 5.38 Å². The smallest absolute Gasteiger partial charge is 0.281 e. The monoisotopic (exact) mass is 505 g/mol. The predicted molar refractivity (Wildman–Crippen MR) is 129 cm³/mol. The Balaban J connectivity index is 1.75. The van der Waals surface area contributed by atoms with Crippen LogP contribution in [0.2, 0.25) is 10.0 Å². The maximum atomic E-state index is 12.4. The van der Waals surface area contributed by atoms with Crippen molar-refractivity contribution in [1.82, 2.24) is 5.43 Å². The number of rotatable bonds is 7. The van der Waals surface area contributed by atoms with Crippen molar-refractivity contribution in [1.29, 1.82) is 5.26 Å². The van der Waals surface area contributed by atoms with Gasteiger partial charge in [-0.15, -0.1) is 22.7 Å². The minimum absolute atomic E-state index is 0.0232. The SMILES string of the molecule is CCC(C#N)C(=O)c1ccc(C(=O)N/N=C(\C)c2csc(-c3ccc(Cl)c(Cl)c3)c2O)s1. The third kappa shape index (κ3) is 5.03. The molecule has 0 fully saturated rings. The van der Waals surface area contributed by atoms with Gasteiger partial charge in [-0.05, 0) is 43.2 Å². The highest BCUT2D eigenvalue weighted by molar-refractivity contribution is 7.16. The summed E-state index contributed by atoms with van der Waals surface area (Å²) in [4.78, 5) is 26.0. The molecule has 1 aromatic carbocycles. The lowest BCUT2D eigenvalue weighted by Crippen LogP contribution is -2.18. The molecular formula is C22H17Cl2N3O3S2. The topological polar surface area (TPSA) is 103 Å². The molecule has 1 amide bonds. The van der Waals surface area contributed by atoms with Crippen molar-refractivity contribution in [2.45, 2.75) is 20.3 Å². The first-order valence-electron chi connectivity index (χ1n) is 9.41. The van der Waals surface area contributed by atoms with Crippen LogP contribution in [-0.4, -0.2) is 22.5 Å². The van der Waals surface area contributed by atoms with Gasteiger partial charge in [0.15, 0.2) is 5.78 Å². The number of benzene rings is 1. The maximum absolute atomic E-state index is 12.4. The Morgan fingerprint density at radius 2 is 1.94 bits per heavy atom. The lowest BCUT2D eigenvalue weighted by molar-refractivity contribution is 0.0947. The quantitative estimate of drug-likeness (QED) is 0.221. The summed E-state index contributed by atoms with van der Waals surface area (Å²) in [6, 6.07) is 10.1. The van der Waals surface area contributed by atoms with Crippen LogP contribution in [0.15, 0.2) is 40.8 Å². The molecule has 0 radical (unpaired) electrons. The van der Waals surface area contributed by atoms with Crippen molar-refractivity contribution in [3.05, 3.63) is 61.1 Å². The van der Waals surface area contributed by atoms with Gasteiger partial charge in [-0.2, -0.15) is 10.4 Å². The van der Waals surface area contributed by atoms with E-state index in [1.165, 1.54) is 23.5 Å². The lowest BCUT2D eigenvalue weighted by atomic mass is 10.0. The van der Waals surface area contributed by atoms with Crippen LogP contribution in [0.25, 0.3) is 10.4 Å². The van der Waals surface area contributed by atoms with E-state index in [1.807, 2.05) is 6.07 Å². The molecule has 1 atom stereocenters. The minimum Gasteiger partial charge on any atom is -0.506 e. The normalized spacial score (nSPS) is 12.3. The number of Topliss-reactive ketones (excluding diaryl/α,β-unsaturated/α-hetero) is 1. The summed E-state index contributed by atoms with van der Waals surface area (Å²) in [7, 11) is 0. The molecule has 0 aliphatic carbocycles. The molecule has 0 aliphatic rings. The van der Waals surface area contributed by atoms with Crippen molar-refractivity contribution in [2.75, 3.05) is 0 Å². The molecule has 2 N–H and O–H groups in total. The molecule has 0 saturated heterocycles. The van der Waals surface area contributed by atoms with Crippen LogP contribution in [0.4, 0.5) is 0 Å². The average molecular weight is 506 g/mol. The van der Waals surface area contributed by atoms with Gasteiger partial charge in [0.1, 0.15) is 11.7 Å². The standard InChI is InChI=1S/C22H17Cl2N3O3S2/c1-3-12(9-25)19(28)17-6-7-18(32-17)22(30)27-26-11(2)14-10-31-21(20(14)29)13-4-5-15(23)16(24)8-13/h4-8,10,12,29H,3H2,1-2H3,(H,27,30)/b26-11+. The fourth-order valence-electron chi connectivity index (χ4n) is 2.80. The van der Waals surface area contributed by atoms with Crippen molar-refractivity contribution < 1.29 is 14.7 Å². The van der Waals surface area contributed by atoms with Crippen LogP contribution in [0.1, 0.15) is 45.2 Å². The van der Waals surface area contributed by atoms with Gasteiger partial charge in [-0.25, -0.2) is 5.43 Å². The second-order valence-electron chi connectivity index (χ2n) is 6.71. The Labute approximate surface area is 202 Å². The third-order valence-corrected chi connectivity index (χ3v) is 7.47. The van der Waals surface area contributed by atoms with Crippen molar-refractivity contribution in [2.24, 2.45) is 11.0 Å². The summed E-state index contributed by atoms with van der Waals surface area (Å²) >= 11 is 14.3. The van der Waals surface area contributed by atoms with E-state index < -0.39 is 11.8 Å². The number of hydrogen-bond acceptors (Lipinski definition) is 7. The molecule has 2 aromatic heterocycles. The molecule has 10 heteroatoms. The number of nitriles is 1. The average Bonchev–Trinajstić information content (AvgIpc) is 3.42.